The van der Waals surface area contributed by atoms with Crippen LogP contribution < -0.4 is 5.43 Å². The summed E-state index contributed by atoms with van der Waals surface area (Å²) in [6.45, 7) is 0. The highest BCUT2D eigenvalue weighted by Gasteiger charge is 2.12. The van der Waals surface area contributed by atoms with Crippen molar-refractivity contribution >= 4 is 45.2 Å². The molecule has 156 valence electrons. The van der Waals surface area contributed by atoms with Gasteiger partial charge in [0.2, 0.25) is 5.91 Å². The molecule has 1 aromatic carbocycles. The fourth-order valence-electron chi connectivity index (χ4n) is 3.36. The van der Waals surface area contributed by atoms with Crippen molar-refractivity contribution in [1.29, 1.82) is 0 Å². The number of unbranched alkanes of at least 4 members (excludes halogenated alkanes) is 1. The standard InChI is InChI=1S/C24H22ClN5O/c25-13-4-3-9-23(31)30-29-22(21-11-10-17-6-5-14-27-24(17)28-21)16-18-12-15-26-20-8-2-1-7-19(18)20/h1-2,5-8,10-12,14-15H,3-4,9,13,16H2,(H,30,31). The molecule has 0 unspecified atom stereocenters. The Morgan fingerprint density at radius 3 is 2.77 bits per heavy atom. The van der Waals surface area contributed by atoms with Crippen LogP contribution in [0.25, 0.3) is 21.9 Å². The minimum absolute atomic E-state index is 0.138. The van der Waals surface area contributed by atoms with Crippen molar-refractivity contribution in [2.45, 2.75) is 25.7 Å². The smallest absolute Gasteiger partial charge is 0.240 e. The lowest BCUT2D eigenvalue weighted by atomic mass is 10.0. The van der Waals surface area contributed by atoms with Gasteiger partial charge in [-0.2, -0.15) is 5.10 Å². The predicted molar refractivity (Wildman–Crippen MR) is 124 cm³/mol. The molecule has 0 spiro atoms. The van der Waals surface area contributed by atoms with Crippen molar-refractivity contribution in [1.82, 2.24) is 20.4 Å². The number of nitrogens with zero attached hydrogens (tertiary/aromatic N) is 4. The molecule has 0 saturated heterocycles. The molecular weight excluding hydrogens is 410 g/mol. The maximum absolute atomic E-state index is 12.2. The van der Waals surface area contributed by atoms with Crippen molar-refractivity contribution in [2.24, 2.45) is 5.10 Å². The lowest BCUT2D eigenvalue weighted by Gasteiger charge is -2.10. The molecule has 1 N–H and O–H groups in total. The number of alkyl halides is 1. The number of carbonyl (C=O) groups is 1. The summed E-state index contributed by atoms with van der Waals surface area (Å²) in [5, 5.41) is 6.45. The van der Waals surface area contributed by atoms with Crippen LogP contribution in [0.2, 0.25) is 0 Å². The second-order valence-electron chi connectivity index (χ2n) is 7.15. The van der Waals surface area contributed by atoms with E-state index in [1.807, 2.05) is 54.6 Å². The second kappa shape index (κ2) is 10.1. The van der Waals surface area contributed by atoms with Gasteiger partial charge in [-0.1, -0.05) is 18.2 Å². The number of hydrazone groups is 1. The van der Waals surface area contributed by atoms with E-state index in [-0.39, 0.29) is 5.91 Å². The number of amides is 1. The molecule has 7 heteroatoms. The third kappa shape index (κ3) is 5.22. The number of carbonyl (C=O) groups excluding carboxylic acids is 1. The first-order valence-corrected chi connectivity index (χ1v) is 10.7. The molecule has 3 heterocycles. The van der Waals surface area contributed by atoms with E-state index in [9.17, 15) is 4.79 Å². The molecule has 4 rings (SSSR count). The minimum atomic E-state index is -0.138. The Morgan fingerprint density at radius 2 is 1.87 bits per heavy atom. The van der Waals surface area contributed by atoms with E-state index >= 15 is 0 Å². The molecule has 31 heavy (non-hydrogen) atoms. The average molecular weight is 432 g/mol. The van der Waals surface area contributed by atoms with Gasteiger partial charge in [-0.25, -0.2) is 15.4 Å². The SMILES string of the molecule is O=C(CCCCCl)NN=C(Cc1ccnc2ccccc12)c1ccc2cccnc2n1. The van der Waals surface area contributed by atoms with Crippen molar-refractivity contribution < 1.29 is 4.79 Å². The zero-order valence-electron chi connectivity index (χ0n) is 17.0. The zero-order chi connectivity index (χ0) is 21.5. The molecule has 0 aliphatic rings. The van der Waals surface area contributed by atoms with Crippen LogP contribution in [-0.2, 0) is 11.2 Å². The Hall–Kier alpha value is -3.38. The lowest BCUT2D eigenvalue weighted by Crippen LogP contribution is -2.21. The molecule has 0 atom stereocenters. The van der Waals surface area contributed by atoms with Crippen LogP contribution in [0.3, 0.4) is 0 Å². The normalized spacial score (nSPS) is 11.7. The molecule has 0 aliphatic carbocycles. The third-order valence-corrected chi connectivity index (χ3v) is 5.23. The van der Waals surface area contributed by atoms with Crippen LogP contribution in [0.15, 0.2) is 72.1 Å². The van der Waals surface area contributed by atoms with Gasteiger partial charge in [-0.3, -0.25) is 9.78 Å². The number of aromatic nitrogens is 3. The zero-order valence-corrected chi connectivity index (χ0v) is 17.7. The Morgan fingerprint density at radius 1 is 0.968 bits per heavy atom. The Kier molecular flexibility index (Phi) is 6.79. The van der Waals surface area contributed by atoms with Gasteiger partial charge in [0.25, 0.3) is 0 Å². The third-order valence-electron chi connectivity index (χ3n) is 4.96. The molecule has 0 saturated carbocycles. The molecule has 0 radical (unpaired) electrons. The number of rotatable bonds is 8. The van der Waals surface area contributed by atoms with Crippen molar-refractivity contribution in [3.63, 3.8) is 0 Å². The summed E-state index contributed by atoms with van der Waals surface area (Å²) >= 11 is 5.70. The summed E-state index contributed by atoms with van der Waals surface area (Å²) in [5.74, 6) is 0.409. The Bertz CT molecular complexity index is 1240. The van der Waals surface area contributed by atoms with E-state index in [1.54, 1.807) is 12.4 Å². The summed E-state index contributed by atoms with van der Waals surface area (Å²) in [7, 11) is 0. The summed E-state index contributed by atoms with van der Waals surface area (Å²) < 4.78 is 0. The molecule has 6 nitrogen and oxygen atoms in total. The number of fused-ring (bicyclic) bond motifs is 2. The lowest BCUT2D eigenvalue weighted by molar-refractivity contribution is -0.121. The van der Waals surface area contributed by atoms with Crippen LogP contribution >= 0.6 is 11.6 Å². The Labute approximate surface area is 185 Å². The van der Waals surface area contributed by atoms with Crippen LogP contribution in [0.1, 0.15) is 30.5 Å². The van der Waals surface area contributed by atoms with Gasteiger partial charge in [-0.05, 0) is 54.8 Å². The second-order valence-corrected chi connectivity index (χ2v) is 7.53. The van der Waals surface area contributed by atoms with Crippen molar-refractivity contribution in [3.05, 3.63) is 78.2 Å². The molecule has 4 aromatic rings. The van der Waals surface area contributed by atoms with E-state index < -0.39 is 0 Å². The van der Waals surface area contributed by atoms with E-state index in [0.29, 0.717) is 35.8 Å². The van der Waals surface area contributed by atoms with E-state index in [4.69, 9.17) is 11.6 Å². The molecular formula is C24H22ClN5O. The first kappa shape index (κ1) is 20.9. The number of halogens is 1. The molecule has 0 fully saturated rings. The van der Waals surface area contributed by atoms with Crippen LogP contribution in [0.4, 0.5) is 0 Å². The summed E-state index contributed by atoms with van der Waals surface area (Å²) in [5.41, 5.74) is 6.64. The number of hydrogen-bond acceptors (Lipinski definition) is 5. The highest BCUT2D eigenvalue weighted by molar-refractivity contribution is 6.17. The van der Waals surface area contributed by atoms with Gasteiger partial charge in [0.15, 0.2) is 5.65 Å². The quantitative estimate of drug-likeness (QED) is 0.190. The molecule has 0 aliphatic heterocycles. The monoisotopic (exact) mass is 431 g/mol. The molecule has 0 bridgehead atoms. The van der Waals surface area contributed by atoms with Crippen molar-refractivity contribution in [2.75, 3.05) is 5.88 Å². The van der Waals surface area contributed by atoms with Crippen LogP contribution in [0.5, 0.6) is 0 Å². The first-order chi connectivity index (χ1) is 15.2. The minimum Gasteiger partial charge on any atom is -0.273 e. The molecule has 3 aromatic heterocycles. The number of nitrogens with one attached hydrogen (secondary N) is 1. The van der Waals surface area contributed by atoms with Gasteiger partial charge in [-0.15, -0.1) is 11.6 Å². The fourth-order valence-corrected chi connectivity index (χ4v) is 3.55. The first-order valence-electron chi connectivity index (χ1n) is 10.2. The van der Waals surface area contributed by atoms with Gasteiger partial charge >= 0.3 is 0 Å². The topological polar surface area (TPSA) is 80.1 Å². The number of benzene rings is 1. The van der Waals surface area contributed by atoms with Gasteiger partial charge in [0, 0.05) is 41.9 Å². The molecule has 1 amide bonds. The Balaban J connectivity index is 1.67. The highest BCUT2D eigenvalue weighted by atomic mass is 35.5. The fraction of sp³-hybridized carbons (Fsp3) is 0.208. The number of pyridine rings is 3. The maximum Gasteiger partial charge on any atom is 0.240 e. The van der Waals surface area contributed by atoms with Crippen LogP contribution in [0, 0.1) is 0 Å². The van der Waals surface area contributed by atoms with Crippen molar-refractivity contribution in [3.8, 4) is 0 Å². The number of para-hydroxylation sites is 1. The van der Waals surface area contributed by atoms with E-state index in [2.05, 4.69) is 25.5 Å². The van der Waals surface area contributed by atoms with E-state index in [1.165, 1.54) is 0 Å². The largest absolute Gasteiger partial charge is 0.273 e. The predicted octanol–water partition coefficient (Wildman–Crippen LogP) is 4.65. The summed E-state index contributed by atoms with van der Waals surface area (Å²) in [4.78, 5) is 25.7. The summed E-state index contributed by atoms with van der Waals surface area (Å²) in [6, 6.07) is 17.7. The van der Waals surface area contributed by atoms with Crippen LogP contribution in [-0.4, -0.2) is 32.5 Å². The average Bonchev–Trinajstić information content (AvgIpc) is 2.81. The van der Waals surface area contributed by atoms with Gasteiger partial charge in [0.05, 0.1) is 16.9 Å². The van der Waals surface area contributed by atoms with E-state index in [0.717, 1.165) is 34.7 Å². The summed E-state index contributed by atoms with van der Waals surface area (Å²) in [6.07, 6.45) is 5.91. The van der Waals surface area contributed by atoms with Gasteiger partial charge < -0.3 is 0 Å². The number of hydrogen-bond donors (Lipinski definition) is 1. The highest BCUT2D eigenvalue weighted by Crippen LogP contribution is 2.19. The maximum atomic E-state index is 12.2. The van der Waals surface area contributed by atoms with Gasteiger partial charge in [0.1, 0.15) is 0 Å².